The second kappa shape index (κ2) is 4.86. The summed E-state index contributed by atoms with van der Waals surface area (Å²) in [4.78, 5) is 12.8. The van der Waals surface area contributed by atoms with Gasteiger partial charge in [0.25, 0.3) is 0 Å². The molecule has 0 fully saturated rings. The zero-order chi connectivity index (χ0) is 13.2. The van der Waals surface area contributed by atoms with E-state index in [1.54, 1.807) is 0 Å². The molecule has 5 nitrogen and oxygen atoms in total. The minimum absolute atomic E-state index is 0.0508. The van der Waals surface area contributed by atoms with Gasteiger partial charge in [0.05, 0.1) is 5.56 Å². The molecule has 1 aromatic rings. The Kier molecular flexibility index (Phi) is 3.91. The van der Waals surface area contributed by atoms with Gasteiger partial charge >= 0.3 is 18.1 Å². The molecule has 1 heterocycles. The van der Waals surface area contributed by atoms with E-state index in [4.69, 9.17) is 0 Å². The van der Waals surface area contributed by atoms with Crippen molar-refractivity contribution in [1.82, 2.24) is 4.98 Å². The first-order valence-corrected chi connectivity index (χ1v) is 5.33. The zero-order valence-corrected chi connectivity index (χ0v) is 10.0. The molecule has 1 rings (SSSR count). The Morgan fingerprint density at radius 3 is 2.59 bits per heavy atom. The molecule has 0 spiro atoms. The number of nitrogens with zero attached hydrogens (tertiary/aromatic N) is 2. The number of rotatable bonds is 3. The van der Waals surface area contributed by atoms with Crippen LogP contribution in [0.5, 0.6) is 5.88 Å². The van der Waals surface area contributed by atoms with Gasteiger partial charge in [0.1, 0.15) is 0 Å². The Hall–Kier alpha value is -1.38. The fraction of sp³-hybridized carbons (Fsp3) is 0.375. The SMILES string of the molecule is Cc1cc([N+](=O)[O-])nc(OC(F)(F)F)c1CBr. The first kappa shape index (κ1) is 13.7. The Balaban J connectivity index is 3.29. The maximum atomic E-state index is 12.1. The molecule has 0 N–H and O–H groups in total. The lowest BCUT2D eigenvalue weighted by Gasteiger charge is -2.09. The molecular weight excluding hydrogens is 309 g/mol. The van der Waals surface area contributed by atoms with E-state index in [2.05, 4.69) is 25.7 Å². The predicted octanol–water partition coefficient (Wildman–Crippen LogP) is 3.09. The summed E-state index contributed by atoms with van der Waals surface area (Å²) in [5.74, 6) is -1.49. The lowest BCUT2D eigenvalue weighted by Crippen LogP contribution is -2.19. The minimum Gasteiger partial charge on any atom is -0.366 e. The van der Waals surface area contributed by atoms with E-state index in [0.29, 0.717) is 5.56 Å². The normalized spacial score (nSPS) is 11.4. The van der Waals surface area contributed by atoms with Crippen LogP contribution in [0, 0.1) is 17.0 Å². The largest absolute Gasteiger partial charge is 0.575 e. The third-order valence-corrected chi connectivity index (χ3v) is 2.39. The first-order valence-electron chi connectivity index (χ1n) is 4.21. The summed E-state index contributed by atoms with van der Waals surface area (Å²) < 4.78 is 39.9. The molecule has 0 bridgehead atoms. The number of alkyl halides is 4. The number of ether oxygens (including phenoxy) is 1. The van der Waals surface area contributed by atoms with Crippen LogP contribution in [0.2, 0.25) is 0 Å². The maximum absolute atomic E-state index is 12.1. The monoisotopic (exact) mass is 314 g/mol. The second-order valence-electron chi connectivity index (χ2n) is 3.02. The van der Waals surface area contributed by atoms with Crippen molar-refractivity contribution >= 4 is 21.7 Å². The average molecular weight is 315 g/mol. The molecule has 0 saturated carbocycles. The second-order valence-corrected chi connectivity index (χ2v) is 3.58. The summed E-state index contributed by atoms with van der Waals surface area (Å²) in [5, 5.41) is 10.5. The van der Waals surface area contributed by atoms with E-state index in [1.807, 2.05) is 0 Å². The molecule has 0 aliphatic rings. The van der Waals surface area contributed by atoms with Crippen LogP contribution in [0.15, 0.2) is 6.07 Å². The van der Waals surface area contributed by atoms with Gasteiger partial charge in [-0.05, 0) is 17.4 Å². The standard InChI is InChI=1S/C8H6BrF3N2O3/c1-4-2-6(14(15)16)13-7(5(4)3-9)17-8(10,11)12/h2H,3H2,1H3. The van der Waals surface area contributed by atoms with Gasteiger partial charge in [-0.15, -0.1) is 13.2 Å². The fourth-order valence-corrected chi connectivity index (χ4v) is 1.79. The van der Waals surface area contributed by atoms with E-state index in [-0.39, 0.29) is 10.9 Å². The molecule has 0 saturated heterocycles. The number of hydrogen-bond donors (Lipinski definition) is 0. The van der Waals surface area contributed by atoms with Crippen molar-refractivity contribution in [3.8, 4) is 5.88 Å². The van der Waals surface area contributed by atoms with Crippen LogP contribution < -0.4 is 4.74 Å². The highest BCUT2D eigenvalue weighted by Gasteiger charge is 2.36. The van der Waals surface area contributed by atoms with Crippen LogP contribution in [0.3, 0.4) is 0 Å². The molecule has 1 aromatic heterocycles. The van der Waals surface area contributed by atoms with Crippen LogP contribution in [0.1, 0.15) is 11.1 Å². The topological polar surface area (TPSA) is 65.3 Å². The predicted molar refractivity (Wildman–Crippen MR) is 54.9 cm³/mol. The first-order chi connectivity index (χ1) is 7.74. The van der Waals surface area contributed by atoms with Crippen LogP contribution in [0.25, 0.3) is 0 Å². The highest BCUT2D eigenvalue weighted by Crippen LogP contribution is 2.30. The van der Waals surface area contributed by atoms with E-state index in [9.17, 15) is 23.3 Å². The third-order valence-electron chi connectivity index (χ3n) is 1.83. The van der Waals surface area contributed by atoms with Gasteiger partial charge in [-0.25, -0.2) is 0 Å². The Labute approximate surface area is 102 Å². The van der Waals surface area contributed by atoms with Gasteiger partial charge < -0.3 is 14.9 Å². The lowest BCUT2D eigenvalue weighted by molar-refractivity contribution is -0.390. The molecular formula is C8H6BrF3N2O3. The number of aryl methyl sites for hydroxylation is 1. The highest BCUT2D eigenvalue weighted by atomic mass is 79.9. The molecule has 0 amide bonds. The van der Waals surface area contributed by atoms with Crippen molar-refractivity contribution in [3.63, 3.8) is 0 Å². The van der Waals surface area contributed by atoms with E-state index in [0.717, 1.165) is 6.07 Å². The number of nitro groups is 1. The number of aromatic nitrogens is 1. The van der Waals surface area contributed by atoms with Gasteiger partial charge in [0.2, 0.25) is 0 Å². The van der Waals surface area contributed by atoms with Crippen LogP contribution in [-0.2, 0) is 5.33 Å². The minimum atomic E-state index is -4.94. The van der Waals surface area contributed by atoms with E-state index in [1.165, 1.54) is 6.92 Å². The number of hydrogen-bond acceptors (Lipinski definition) is 4. The van der Waals surface area contributed by atoms with E-state index >= 15 is 0 Å². The summed E-state index contributed by atoms with van der Waals surface area (Å²) in [7, 11) is 0. The molecule has 0 aromatic carbocycles. The molecule has 0 aliphatic heterocycles. The summed E-state index contributed by atoms with van der Waals surface area (Å²) >= 11 is 2.97. The number of halogens is 4. The molecule has 0 atom stereocenters. The molecule has 94 valence electrons. The van der Waals surface area contributed by atoms with Crippen molar-refractivity contribution < 1.29 is 22.8 Å². The Morgan fingerprint density at radius 1 is 1.59 bits per heavy atom. The third kappa shape index (κ3) is 3.55. The van der Waals surface area contributed by atoms with Crippen molar-refractivity contribution in [3.05, 3.63) is 27.3 Å². The highest BCUT2D eigenvalue weighted by molar-refractivity contribution is 9.08. The molecule has 0 radical (unpaired) electrons. The van der Waals surface area contributed by atoms with Gasteiger partial charge in [0, 0.05) is 16.4 Å². The van der Waals surface area contributed by atoms with Crippen molar-refractivity contribution in [2.75, 3.05) is 0 Å². The maximum Gasteiger partial charge on any atom is 0.575 e. The summed E-state index contributed by atoms with van der Waals surface area (Å²) in [6, 6.07) is 1.08. The van der Waals surface area contributed by atoms with Crippen molar-refractivity contribution in [2.24, 2.45) is 0 Å². The number of pyridine rings is 1. The van der Waals surface area contributed by atoms with Crippen LogP contribution >= 0.6 is 15.9 Å². The Bertz CT molecular complexity index is 450. The van der Waals surface area contributed by atoms with E-state index < -0.39 is 23.0 Å². The summed E-state index contributed by atoms with van der Waals surface area (Å²) in [5.41, 5.74) is 0.413. The quantitative estimate of drug-likeness (QED) is 0.488. The average Bonchev–Trinajstić information content (AvgIpc) is 2.14. The smallest absolute Gasteiger partial charge is 0.366 e. The molecule has 0 aliphatic carbocycles. The summed E-state index contributed by atoms with van der Waals surface area (Å²) in [6.45, 7) is 1.44. The van der Waals surface area contributed by atoms with Crippen molar-refractivity contribution in [2.45, 2.75) is 18.6 Å². The van der Waals surface area contributed by atoms with Gasteiger partial charge in [-0.1, -0.05) is 15.9 Å². The van der Waals surface area contributed by atoms with Gasteiger partial charge in [0.15, 0.2) is 0 Å². The van der Waals surface area contributed by atoms with Gasteiger partial charge in [-0.3, -0.25) is 0 Å². The lowest BCUT2D eigenvalue weighted by atomic mass is 10.2. The molecule has 9 heteroatoms. The van der Waals surface area contributed by atoms with Crippen molar-refractivity contribution in [1.29, 1.82) is 0 Å². The van der Waals surface area contributed by atoms with Crippen LogP contribution in [-0.4, -0.2) is 16.3 Å². The van der Waals surface area contributed by atoms with Crippen LogP contribution in [0.4, 0.5) is 19.0 Å². The van der Waals surface area contributed by atoms with Gasteiger partial charge in [-0.2, -0.15) is 0 Å². The molecule has 17 heavy (non-hydrogen) atoms. The zero-order valence-electron chi connectivity index (χ0n) is 8.42. The molecule has 0 unspecified atom stereocenters. The summed E-state index contributed by atoms with van der Waals surface area (Å²) in [6.07, 6.45) is -4.94. The fourth-order valence-electron chi connectivity index (χ4n) is 1.10. The Morgan fingerprint density at radius 2 is 2.18 bits per heavy atom.